The fraction of sp³-hybridized carbons (Fsp3) is 0.550. The molecule has 1 heterocycles. The Morgan fingerprint density at radius 1 is 1.15 bits per heavy atom. The lowest BCUT2D eigenvalue weighted by atomic mass is 9.94. The molecule has 1 aromatic rings. The molecule has 1 N–H and O–H groups in total. The standard InChI is InChI=1S/C20H27N5OS/c1-27-20(22-15-21)23-17-9-7-16(8-10-17)19(26)25-13-11-24(12-14-25)18-5-3-2-4-6-18/h7-10,18H,2-6,11-14H2,1H3,(H,22,23). The van der Waals surface area contributed by atoms with Gasteiger partial charge >= 0.3 is 0 Å². The minimum atomic E-state index is 0.0917. The third kappa shape index (κ3) is 5.24. The van der Waals surface area contributed by atoms with Gasteiger partial charge in [-0.1, -0.05) is 31.0 Å². The predicted octanol–water partition coefficient (Wildman–Crippen LogP) is 3.20. The van der Waals surface area contributed by atoms with E-state index in [2.05, 4.69) is 15.2 Å². The summed E-state index contributed by atoms with van der Waals surface area (Å²) in [7, 11) is 0. The molecule has 0 spiro atoms. The summed E-state index contributed by atoms with van der Waals surface area (Å²) in [6.07, 6.45) is 10.4. The smallest absolute Gasteiger partial charge is 0.253 e. The van der Waals surface area contributed by atoms with Gasteiger partial charge in [0.1, 0.15) is 0 Å². The molecular formula is C20H27N5OS. The van der Waals surface area contributed by atoms with Gasteiger partial charge < -0.3 is 4.90 Å². The third-order valence-corrected chi connectivity index (χ3v) is 5.97. The van der Waals surface area contributed by atoms with E-state index in [0.717, 1.165) is 37.9 Å². The van der Waals surface area contributed by atoms with Crippen LogP contribution in [-0.2, 0) is 0 Å². The number of nitrogens with zero attached hydrogens (tertiary/aromatic N) is 4. The van der Waals surface area contributed by atoms with Crippen LogP contribution in [0.25, 0.3) is 0 Å². The molecule has 1 amide bonds. The minimum absolute atomic E-state index is 0.0917. The van der Waals surface area contributed by atoms with Crippen molar-refractivity contribution in [3.8, 4) is 6.19 Å². The second-order valence-electron chi connectivity index (χ2n) is 7.02. The Kier molecular flexibility index (Phi) is 7.13. The fourth-order valence-corrected chi connectivity index (χ4v) is 4.23. The zero-order chi connectivity index (χ0) is 19.1. The first-order chi connectivity index (χ1) is 13.2. The van der Waals surface area contributed by atoms with Crippen molar-refractivity contribution in [3.05, 3.63) is 29.8 Å². The Morgan fingerprint density at radius 2 is 1.81 bits per heavy atom. The average Bonchev–Trinajstić information content (AvgIpc) is 2.74. The number of nitriles is 1. The van der Waals surface area contributed by atoms with Crippen LogP contribution >= 0.6 is 11.8 Å². The van der Waals surface area contributed by atoms with Crippen molar-refractivity contribution in [2.45, 2.75) is 38.1 Å². The van der Waals surface area contributed by atoms with Gasteiger partial charge in [0, 0.05) is 37.8 Å². The van der Waals surface area contributed by atoms with Gasteiger partial charge in [0.25, 0.3) is 5.91 Å². The summed E-state index contributed by atoms with van der Waals surface area (Å²) in [5.41, 5.74) is 1.42. The minimum Gasteiger partial charge on any atom is -0.336 e. The lowest BCUT2D eigenvalue weighted by molar-refractivity contribution is 0.0523. The first kappa shape index (κ1) is 19.7. The van der Waals surface area contributed by atoms with E-state index in [9.17, 15) is 4.79 Å². The first-order valence-electron chi connectivity index (χ1n) is 9.62. The van der Waals surface area contributed by atoms with Crippen LogP contribution in [0.1, 0.15) is 42.5 Å². The Labute approximate surface area is 165 Å². The number of carbonyl (C=O) groups excluding carboxylic acids is 1. The lowest BCUT2D eigenvalue weighted by Gasteiger charge is -2.40. The van der Waals surface area contributed by atoms with Crippen LogP contribution < -0.4 is 5.32 Å². The molecule has 0 bridgehead atoms. The third-order valence-electron chi connectivity index (χ3n) is 5.39. The maximum Gasteiger partial charge on any atom is 0.253 e. The highest BCUT2D eigenvalue weighted by Gasteiger charge is 2.27. The Bertz CT molecular complexity index is 698. The zero-order valence-electron chi connectivity index (χ0n) is 15.9. The molecule has 1 saturated carbocycles. The molecule has 0 aromatic heterocycles. The van der Waals surface area contributed by atoms with Crippen molar-refractivity contribution in [2.24, 2.45) is 4.99 Å². The van der Waals surface area contributed by atoms with Crippen LogP contribution in [0.4, 0.5) is 5.69 Å². The van der Waals surface area contributed by atoms with Crippen LogP contribution in [0, 0.1) is 11.5 Å². The molecule has 0 atom stereocenters. The Morgan fingerprint density at radius 3 is 2.41 bits per heavy atom. The molecule has 0 radical (unpaired) electrons. The highest BCUT2D eigenvalue weighted by Crippen LogP contribution is 2.24. The lowest BCUT2D eigenvalue weighted by Crippen LogP contribution is -2.52. The number of rotatable bonds is 3. The van der Waals surface area contributed by atoms with Crippen molar-refractivity contribution >= 4 is 28.5 Å². The molecule has 2 fully saturated rings. The fourth-order valence-electron chi connectivity index (χ4n) is 3.89. The van der Waals surface area contributed by atoms with Gasteiger partial charge in [0.2, 0.25) is 0 Å². The van der Waals surface area contributed by atoms with E-state index in [1.807, 2.05) is 41.6 Å². The molecule has 27 heavy (non-hydrogen) atoms. The van der Waals surface area contributed by atoms with Crippen LogP contribution in [-0.4, -0.2) is 59.4 Å². The molecule has 1 saturated heterocycles. The topological polar surface area (TPSA) is 71.7 Å². The monoisotopic (exact) mass is 385 g/mol. The number of carbonyl (C=O) groups is 1. The molecule has 144 valence electrons. The number of amides is 1. The molecule has 7 heteroatoms. The molecule has 1 aliphatic heterocycles. The molecule has 6 nitrogen and oxygen atoms in total. The van der Waals surface area contributed by atoms with Crippen molar-refractivity contribution in [3.63, 3.8) is 0 Å². The van der Waals surface area contributed by atoms with E-state index in [0.29, 0.717) is 10.7 Å². The number of piperazine rings is 1. The van der Waals surface area contributed by atoms with E-state index < -0.39 is 0 Å². The van der Waals surface area contributed by atoms with Crippen LogP contribution in [0.15, 0.2) is 29.3 Å². The zero-order valence-corrected chi connectivity index (χ0v) is 16.7. The highest BCUT2D eigenvalue weighted by atomic mass is 32.2. The summed E-state index contributed by atoms with van der Waals surface area (Å²) in [4.78, 5) is 21.7. The average molecular weight is 386 g/mol. The van der Waals surface area contributed by atoms with Crippen molar-refractivity contribution in [1.82, 2.24) is 15.1 Å². The molecule has 1 aromatic carbocycles. The second kappa shape index (κ2) is 9.77. The van der Waals surface area contributed by atoms with Gasteiger partial charge in [-0.3, -0.25) is 15.0 Å². The summed E-state index contributed by atoms with van der Waals surface area (Å²) >= 11 is 1.37. The van der Waals surface area contributed by atoms with E-state index in [4.69, 9.17) is 5.26 Å². The SMILES string of the molecule is CSC(=Nc1ccc(C(=O)N2CCN(C3CCCCC3)CC2)cc1)NC#N. The Hall–Kier alpha value is -2.04. The van der Waals surface area contributed by atoms with Gasteiger partial charge in [-0.05, 0) is 43.4 Å². The first-order valence-corrected chi connectivity index (χ1v) is 10.8. The number of amidine groups is 1. The van der Waals surface area contributed by atoms with Crippen molar-refractivity contribution in [1.29, 1.82) is 5.26 Å². The van der Waals surface area contributed by atoms with E-state index >= 15 is 0 Å². The number of hydrogen-bond acceptors (Lipinski definition) is 5. The highest BCUT2D eigenvalue weighted by molar-refractivity contribution is 8.13. The van der Waals surface area contributed by atoms with E-state index in [1.54, 1.807) is 0 Å². The maximum atomic E-state index is 12.8. The Balaban J connectivity index is 1.56. The summed E-state index contributed by atoms with van der Waals surface area (Å²) in [5.74, 6) is 0.0917. The van der Waals surface area contributed by atoms with Gasteiger partial charge in [-0.2, -0.15) is 5.26 Å². The van der Waals surface area contributed by atoms with Crippen molar-refractivity contribution in [2.75, 3.05) is 32.4 Å². The number of aliphatic imine (C=N–C) groups is 1. The number of nitrogens with one attached hydrogen (secondary N) is 1. The van der Waals surface area contributed by atoms with Gasteiger partial charge in [-0.15, -0.1) is 0 Å². The molecule has 1 aliphatic carbocycles. The van der Waals surface area contributed by atoms with Gasteiger partial charge in [0.15, 0.2) is 11.4 Å². The van der Waals surface area contributed by atoms with Crippen LogP contribution in [0.2, 0.25) is 0 Å². The normalized spacial score (nSPS) is 19.6. The predicted molar refractivity (Wildman–Crippen MR) is 110 cm³/mol. The van der Waals surface area contributed by atoms with E-state index in [-0.39, 0.29) is 5.91 Å². The molecule has 3 rings (SSSR count). The number of benzene rings is 1. The molecule has 2 aliphatic rings. The molecular weight excluding hydrogens is 358 g/mol. The van der Waals surface area contributed by atoms with E-state index in [1.165, 1.54) is 43.9 Å². The summed E-state index contributed by atoms with van der Waals surface area (Å²) in [6.45, 7) is 3.57. The van der Waals surface area contributed by atoms with Gasteiger partial charge in [0.05, 0.1) is 5.69 Å². The quantitative estimate of drug-likeness (QED) is 0.374. The maximum absolute atomic E-state index is 12.8. The van der Waals surface area contributed by atoms with Crippen LogP contribution in [0.5, 0.6) is 0 Å². The van der Waals surface area contributed by atoms with Gasteiger partial charge in [-0.25, -0.2) is 4.99 Å². The summed E-state index contributed by atoms with van der Waals surface area (Å²) < 4.78 is 0. The number of thioether (sulfide) groups is 1. The summed E-state index contributed by atoms with van der Waals surface area (Å²) in [6, 6.07) is 8.00. The molecule has 0 unspecified atom stereocenters. The number of hydrogen-bond donors (Lipinski definition) is 1. The van der Waals surface area contributed by atoms with Crippen molar-refractivity contribution < 1.29 is 4.79 Å². The second-order valence-corrected chi connectivity index (χ2v) is 7.82. The summed E-state index contributed by atoms with van der Waals surface area (Å²) in [5, 5.41) is 11.8. The van der Waals surface area contributed by atoms with Crippen LogP contribution in [0.3, 0.4) is 0 Å². The largest absolute Gasteiger partial charge is 0.336 e.